The Bertz CT molecular complexity index is 1450. The highest BCUT2D eigenvalue weighted by molar-refractivity contribution is 6.10. The zero-order valence-electron chi connectivity index (χ0n) is 25.5. The highest BCUT2D eigenvalue weighted by Crippen LogP contribution is 2.62. The second kappa shape index (κ2) is 11.8. The van der Waals surface area contributed by atoms with Crippen molar-refractivity contribution in [3.05, 3.63) is 65.2 Å². The monoisotopic (exact) mass is 599 g/mol. The number of aryl methyl sites for hydroxylation is 1. The van der Waals surface area contributed by atoms with Gasteiger partial charge in [-0.3, -0.25) is 24.0 Å². The van der Waals surface area contributed by atoms with E-state index in [0.717, 1.165) is 30.4 Å². The molecule has 2 aromatic carbocycles. The fraction of sp³-hybridized carbons (Fsp3) is 0.514. The molecule has 232 valence electrons. The van der Waals surface area contributed by atoms with E-state index in [1.165, 1.54) is 31.1 Å². The molecule has 0 radical (unpaired) electrons. The van der Waals surface area contributed by atoms with Crippen molar-refractivity contribution in [3.63, 3.8) is 0 Å². The molecule has 3 amide bonds. The Labute approximate surface area is 258 Å². The van der Waals surface area contributed by atoms with E-state index in [1.807, 2.05) is 43.3 Å². The Kier molecular flexibility index (Phi) is 8.07. The maximum Gasteiger partial charge on any atom is 0.322 e. The predicted octanol–water partition coefficient (Wildman–Crippen LogP) is 4.51. The molecule has 9 nitrogen and oxygen atoms in total. The second-order valence-electron chi connectivity index (χ2n) is 13.7. The summed E-state index contributed by atoms with van der Waals surface area (Å²) in [6, 6.07) is 12.6. The SMILES string of the molecule is CC(=O)N1C(C(=O)NCC(=O)O)CC(=O)c2cc(C)ccc2N(Cc2ccccc2)C(=O)C1CC12CC3CC(CC(C3)C1)C2. The van der Waals surface area contributed by atoms with Crippen molar-refractivity contribution in [2.45, 2.75) is 83.8 Å². The zero-order chi connectivity index (χ0) is 31.2. The summed E-state index contributed by atoms with van der Waals surface area (Å²) in [4.78, 5) is 70.7. The van der Waals surface area contributed by atoms with Crippen molar-refractivity contribution >= 4 is 35.2 Å². The van der Waals surface area contributed by atoms with Crippen molar-refractivity contribution < 1.29 is 29.1 Å². The molecule has 7 rings (SSSR count). The summed E-state index contributed by atoms with van der Waals surface area (Å²) in [5.41, 5.74) is 2.34. The first-order valence-electron chi connectivity index (χ1n) is 15.8. The van der Waals surface area contributed by atoms with Gasteiger partial charge in [0.2, 0.25) is 17.7 Å². The third-order valence-electron chi connectivity index (χ3n) is 10.4. The molecule has 0 saturated heterocycles. The van der Waals surface area contributed by atoms with Gasteiger partial charge in [-0.15, -0.1) is 0 Å². The molecule has 4 aliphatic carbocycles. The van der Waals surface area contributed by atoms with Crippen molar-refractivity contribution in [1.82, 2.24) is 10.2 Å². The van der Waals surface area contributed by atoms with Gasteiger partial charge in [-0.1, -0.05) is 42.0 Å². The molecule has 2 N–H and O–H groups in total. The van der Waals surface area contributed by atoms with Crippen molar-refractivity contribution in [3.8, 4) is 0 Å². The summed E-state index contributed by atoms with van der Waals surface area (Å²) in [6.07, 6.45) is 6.71. The van der Waals surface area contributed by atoms with Crippen LogP contribution in [0.4, 0.5) is 5.69 Å². The third-order valence-corrected chi connectivity index (χ3v) is 10.4. The van der Waals surface area contributed by atoms with E-state index in [2.05, 4.69) is 5.32 Å². The Morgan fingerprint density at radius 3 is 2.18 bits per heavy atom. The van der Waals surface area contributed by atoms with Crippen LogP contribution in [-0.2, 0) is 25.7 Å². The number of Topliss-reactive ketones (excluding diaryl/α,β-unsaturated/α-hetero) is 1. The van der Waals surface area contributed by atoms with Crippen LogP contribution in [0.5, 0.6) is 0 Å². The number of carboxylic acids is 1. The van der Waals surface area contributed by atoms with Crippen LogP contribution in [0.25, 0.3) is 0 Å². The van der Waals surface area contributed by atoms with Crippen LogP contribution < -0.4 is 10.2 Å². The molecule has 4 saturated carbocycles. The molecular formula is C35H41N3O6. The molecule has 0 spiro atoms. The Morgan fingerprint density at radius 1 is 0.955 bits per heavy atom. The van der Waals surface area contributed by atoms with Crippen molar-refractivity contribution in [2.75, 3.05) is 11.4 Å². The van der Waals surface area contributed by atoms with E-state index in [1.54, 1.807) is 17.0 Å². The standard InChI is InChI=1S/C35H41N3O6/c1-21-8-9-28-27(10-21)31(40)14-29(33(43)36-19-32(41)42)38(22(2)39)30(34(44)37(28)20-23-6-4-3-5-7-23)18-35-15-24-11-25(16-35)13-26(12-24)17-35/h3-10,24-26,29-30H,11-20H2,1-2H3,(H,36,43)(H,41,42). The Hall–Kier alpha value is -4.01. The highest BCUT2D eigenvalue weighted by Gasteiger charge is 2.54. The molecule has 2 aromatic rings. The van der Waals surface area contributed by atoms with Gasteiger partial charge in [0.25, 0.3) is 0 Å². The summed E-state index contributed by atoms with van der Waals surface area (Å²) in [7, 11) is 0. The van der Waals surface area contributed by atoms with E-state index in [-0.39, 0.29) is 30.1 Å². The number of ketones is 1. The maximum absolute atomic E-state index is 15.1. The van der Waals surface area contributed by atoms with Crippen LogP contribution in [0.15, 0.2) is 48.5 Å². The smallest absolute Gasteiger partial charge is 0.322 e. The van der Waals surface area contributed by atoms with Crippen LogP contribution >= 0.6 is 0 Å². The molecule has 2 unspecified atom stereocenters. The fourth-order valence-electron chi connectivity index (χ4n) is 9.13. The van der Waals surface area contributed by atoms with E-state index < -0.39 is 36.4 Å². The number of carbonyl (C=O) groups excluding carboxylic acids is 4. The van der Waals surface area contributed by atoms with Crippen molar-refractivity contribution in [2.24, 2.45) is 23.2 Å². The van der Waals surface area contributed by atoms with E-state index >= 15 is 4.79 Å². The van der Waals surface area contributed by atoms with Crippen LogP contribution in [0, 0.1) is 30.1 Å². The number of anilines is 1. The minimum absolute atomic E-state index is 0.128. The number of aliphatic carboxylic acids is 1. The number of benzene rings is 2. The molecule has 44 heavy (non-hydrogen) atoms. The van der Waals surface area contributed by atoms with Gasteiger partial charge in [0, 0.05) is 18.9 Å². The summed E-state index contributed by atoms with van der Waals surface area (Å²) in [5, 5.41) is 11.7. The lowest BCUT2D eigenvalue weighted by molar-refractivity contribution is -0.150. The van der Waals surface area contributed by atoms with E-state index in [9.17, 15) is 24.3 Å². The highest BCUT2D eigenvalue weighted by atomic mass is 16.4. The van der Waals surface area contributed by atoms with Gasteiger partial charge >= 0.3 is 5.97 Å². The van der Waals surface area contributed by atoms with Crippen LogP contribution in [-0.4, -0.2) is 58.1 Å². The molecular weight excluding hydrogens is 558 g/mol. The van der Waals surface area contributed by atoms with E-state index in [0.29, 0.717) is 35.4 Å². The minimum Gasteiger partial charge on any atom is -0.480 e. The summed E-state index contributed by atoms with van der Waals surface area (Å²) in [6.45, 7) is 2.73. The van der Waals surface area contributed by atoms with Gasteiger partial charge in [-0.05, 0) is 92.7 Å². The quantitative estimate of drug-likeness (QED) is 0.483. The van der Waals surface area contributed by atoms with Gasteiger partial charge in [-0.2, -0.15) is 0 Å². The molecule has 0 aromatic heterocycles. The molecule has 4 fully saturated rings. The summed E-state index contributed by atoms with van der Waals surface area (Å²) < 4.78 is 0. The number of carboxylic acid groups (broad SMARTS) is 1. The molecule has 2 atom stereocenters. The number of hydrogen-bond acceptors (Lipinski definition) is 5. The Morgan fingerprint density at radius 2 is 1.59 bits per heavy atom. The van der Waals surface area contributed by atoms with Gasteiger partial charge in [0.05, 0.1) is 12.2 Å². The summed E-state index contributed by atoms with van der Waals surface area (Å²) >= 11 is 0. The number of hydrogen-bond donors (Lipinski definition) is 2. The lowest BCUT2D eigenvalue weighted by Gasteiger charge is -2.58. The second-order valence-corrected chi connectivity index (χ2v) is 13.7. The van der Waals surface area contributed by atoms with Crippen LogP contribution in [0.3, 0.4) is 0 Å². The zero-order valence-corrected chi connectivity index (χ0v) is 25.5. The summed E-state index contributed by atoms with van der Waals surface area (Å²) in [5.74, 6) is -1.35. The van der Waals surface area contributed by atoms with Gasteiger partial charge in [-0.25, -0.2) is 0 Å². The molecule has 4 bridgehead atoms. The molecule has 9 heteroatoms. The average molecular weight is 600 g/mol. The first-order valence-corrected chi connectivity index (χ1v) is 15.8. The first-order chi connectivity index (χ1) is 21.0. The van der Waals surface area contributed by atoms with Gasteiger partial charge < -0.3 is 20.2 Å². The maximum atomic E-state index is 15.1. The number of rotatable bonds is 7. The van der Waals surface area contributed by atoms with Gasteiger partial charge in [0.15, 0.2) is 5.78 Å². The van der Waals surface area contributed by atoms with Crippen LogP contribution in [0.2, 0.25) is 0 Å². The van der Waals surface area contributed by atoms with Gasteiger partial charge in [0.1, 0.15) is 18.6 Å². The molecule has 1 aliphatic heterocycles. The molecule has 1 heterocycles. The minimum atomic E-state index is -1.33. The topological polar surface area (TPSA) is 124 Å². The lowest BCUT2D eigenvalue weighted by atomic mass is 9.48. The molecule has 5 aliphatic rings. The van der Waals surface area contributed by atoms with Crippen molar-refractivity contribution in [1.29, 1.82) is 0 Å². The number of nitrogens with one attached hydrogen (secondary N) is 1. The largest absolute Gasteiger partial charge is 0.480 e. The number of nitrogens with zero attached hydrogens (tertiary/aromatic N) is 2. The first kappa shape index (κ1) is 30.0. The normalized spacial score (nSPS) is 29.5. The van der Waals surface area contributed by atoms with Crippen LogP contribution in [0.1, 0.15) is 79.8 Å². The number of fused-ring (bicyclic) bond motifs is 1. The average Bonchev–Trinajstić information content (AvgIpc) is 2.99. The number of amides is 3. The fourth-order valence-corrected chi connectivity index (χ4v) is 9.13. The third kappa shape index (κ3) is 5.88. The predicted molar refractivity (Wildman–Crippen MR) is 164 cm³/mol. The Balaban J connectivity index is 1.49. The number of carbonyl (C=O) groups is 5. The van der Waals surface area contributed by atoms with E-state index in [4.69, 9.17) is 0 Å². The lowest BCUT2D eigenvalue weighted by Crippen LogP contribution is -2.60.